The van der Waals surface area contributed by atoms with Crippen LogP contribution in [0.25, 0.3) is 0 Å². The van der Waals surface area contributed by atoms with Crippen LogP contribution >= 0.6 is 0 Å². The van der Waals surface area contributed by atoms with Gasteiger partial charge in [0.15, 0.2) is 0 Å². The van der Waals surface area contributed by atoms with Gasteiger partial charge < -0.3 is 5.32 Å². The van der Waals surface area contributed by atoms with Crippen molar-refractivity contribution in [3.05, 3.63) is 35.9 Å². The van der Waals surface area contributed by atoms with Crippen LogP contribution in [0.15, 0.2) is 35.3 Å². The maximum Gasteiger partial charge on any atom is 0.119 e. The first-order valence-electron chi connectivity index (χ1n) is 6.44. The molecule has 0 aromatic heterocycles. The molecule has 0 spiro atoms. The molecule has 0 aliphatic carbocycles. The monoisotopic (exact) mass is 231 g/mol. The number of likely N-dealkylation sites (N-methyl/N-ethyl adjacent to an activating group) is 1. The van der Waals surface area contributed by atoms with Crippen LogP contribution in [-0.4, -0.2) is 36.9 Å². The predicted molar refractivity (Wildman–Crippen MR) is 72.4 cm³/mol. The van der Waals surface area contributed by atoms with Crippen LogP contribution < -0.4 is 5.32 Å². The lowest BCUT2D eigenvalue weighted by Gasteiger charge is -2.30. The van der Waals surface area contributed by atoms with E-state index in [-0.39, 0.29) is 6.04 Å². The van der Waals surface area contributed by atoms with Crippen molar-refractivity contribution in [1.82, 2.24) is 10.2 Å². The van der Waals surface area contributed by atoms with Gasteiger partial charge in [0.05, 0.1) is 12.6 Å². The first-order chi connectivity index (χ1) is 8.36. The minimum absolute atomic E-state index is 0.286. The Bertz CT molecular complexity index is 368. The Labute approximate surface area is 104 Å². The molecule has 92 valence electrons. The highest BCUT2D eigenvalue weighted by molar-refractivity contribution is 5.89. The summed E-state index contributed by atoms with van der Waals surface area (Å²) in [5, 5.41) is 3.41. The molecule has 1 aromatic carbocycles. The largest absolute Gasteiger partial charge is 0.370 e. The van der Waals surface area contributed by atoms with Crippen molar-refractivity contribution >= 4 is 5.84 Å². The van der Waals surface area contributed by atoms with Gasteiger partial charge in [0.25, 0.3) is 0 Å². The van der Waals surface area contributed by atoms with Crippen LogP contribution in [0.2, 0.25) is 0 Å². The van der Waals surface area contributed by atoms with Crippen molar-refractivity contribution in [1.29, 1.82) is 0 Å². The van der Waals surface area contributed by atoms with E-state index in [4.69, 9.17) is 0 Å². The molecule has 1 aliphatic rings. The molecular weight excluding hydrogens is 210 g/mol. The number of hydrogen-bond acceptors (Lipinski definition) is 3. The Morgan fingerprint density at radius 1 is 1.24 bits per heavy atom. The van der Waals surface area contributed by atoms with Crippen molar-refractivity contribution in [3.8, 4) is 0 Å². The smallest absolute Gasteiger partial charge is 0.119 e. The van der Waals surface area contributed by atoms with E-state index in [1.807, 2.05) is 0 Å². The molecule has 1 N–H and O–H groups in total. The van der Waals surface area contributed by atoms with Crippen LogP contribution in [0.3, 0.4) is 0 Å². The number of rotatable bonds is 5. The predicted octanol–water partition coefficient (Wildman–Crippen LogP) is 2.07. The summed E-state index contributed by atoms with van der Waals surface area (Å²) in [7, 11) is 0. The Morgan fingerprint density at radius 3 is 2.47 bits per heavy atom. The minimum atomic E-state index is 0.286. The van der Waals surface area contributed by atoms with Gasteiger partial charge in [-0.15, -0.1) is 0 Å². The van der Waals surface area contributed by atoms with Crippen molar-refractivity contribution in [2.45, 2.75) is 19.9 Å². The standard InChI is InChI=1S/C14H21N3/c1-3-17(4-2)13(14-15-10-11-16-14)12-8-6-5-7-9-12/h5-9,13H,3-4,10-11H2,1-2H3,(H,15,16). The quantitative estimate of drug-likeness (QED) is 0.840. The van der Waals surface area contributed by atoms with E-state index in [1.54, 1.807) is 0 Å². The van der Waals surface area contributed by atoms with Crippen LogP contribution in [0, 0.1) is 0 Å². The van der Waals surface area contributed by atoms with Crippen LogP contribution in [0.5, 0.6) is 0 Å². The van der Waals surface area contributed by atoms with Gasteiger partial charge in [-0.1, -0.05) is 44.2 Å². The van der Waals surface area contributed by atoms with E-state index in [9.17, 15) is 0 Å². The van der Waals surface area contributed by atoms with Crippen molar-refractivity contribution in [2.75, 3.05) is 26.2 Å². The van der Waals surface area contributed by atoms with Gasteiger partial charge in [-0.3, -0.25) is 9.89 Å². The topological polar surface area (TPSA) is 27.6 Å². The fourth-order valence-electron chi connectivity index (χ4n) is 2.37. The van der Waals surface area contributed by atoms with Gasteiger partial charge in [-0.25, -0.2) is 0 Å². The number of nitrogens with one attached hydrogen (secondary N) is 1. The first kappa shape index (κ1) is 12.1. The van der Waals surface area contributed by atoms with Gasteiger partial charge >= 0.3 is 0 Å². The molecule has 0 radical (unpaired) electrons. The molecule has 1 atom stereocenters. The Morgan fingerprint density at radius 2 is 1.94 bits per heavy atom. The summed E-state index contributed by atoms with van der Waals surface area (Å²) in [6.45, 7) is 8.36. The third-order valence-electron chi connectivity index (χ3n) is 3.25. The maximum absolute atomic E-state index is 4.59. The minimum Gasteiger partial charge on any atom is -0.370 e. The van der Waals surface area contributed by atoms with Crippen LogP contribution in [0.4, 0.5) is 0 Å². The zero-order chi connectivity index (χ0) is 12.1. The Kier molecular flexibility index (Phi) is 4.15. The molecule has 1 aromatic rings. The highest BCUT2D eigenvalue weighted by Gasteiger charge is 2.24. The summed E-state index contributed by atoms with van der Waals surface area (Å²) in [6.07, 6.45) is 0. The van der Waals surface area contributed by atoms with E-state index in [0.717, 1.165) is 32.0 Å². The van der Waals surface area contributed by atoms with Gasteiger partial charge in [-0.05, 0) is 18.7 Å². The highest BCUT2D eigenvalue weighted by atomic mass is 15.2. The lowest BCUT2D eigenvalue weighted by atomic mass is 10.0. The van der Waals surface area contributed by atoms with Gasteiger partial charge in [-0.2, -0.15) is 0 Å². The fraction of sp³-hybridized carbons (Fsp3) is 0.500. The normalized spacial score (nSPS) is 16.8. The summed E-state index contributed by atoms with van der Waals surface area (Å²) in [4.78, 5) is 7.03. The molecule has 0 bridgehead atoms. The molecule has 1 heterocycles. The maximum atomic E-state index is 4.59. The number of amidine groups is 1. The van der Waals surface area contributed by atoms with Crippen LogP contribution in [-0.2, 0) is 0 Å². The molecule has 0 amide bonds. The van der Waals surface area contributed by atoms with E-state index >= 15 is 0 Å². The average molecular weight is 231 g/mol. The van der Waals surface area contributed by atoms with E-state index in [2.05, 4.69) is 59.4 Å². The molecular formula is C14H21N3. The first-order valence-corrected chi connectivity index (χ1v) is 6.44. The zero-order valence-electron chi connectivity index (χ0n) is 10.7. The molecule has 1 unspecified atom stereocenters. The molecule has 17 heavy (non-hydrogen) atoms. The summed E-state index contributed by atoms with van der Waals surface area (Å²) in [5.41, 5.74) is 1.32. The van der Waals surface area contributed by atoms with Gasteiger partial charge in [0.1, 0.15) is 5.84 Å². The Hall–Kier alpha value is -1.35. The van der Waals surface area contributed by atoms with E-state index in [0.29, 0.717) is 0 Å². The third kappa shape index (κ3) is 2.67. The third-order valence-corrected chi connectivity index (χ3v) is 3.25. The zero-order valence-corrected chi connectivity index (χ0v) is 10.7. The fourth-order valence-corrected chi connectivity index (χ4v) is 2.37. The summed E-state index contributed by atoms with van der Waals surface area (Å²) >= 11 is 0. The van der Waals surface area contributed by atoms with Crippen molar-refractivity contribution in [3.63, 3.8) is 0 Å². The lowest BCUT2D eigenvalue weighted by molar-refractivity contribution is 0.268. The molecule has 3 heteroatoms. The number of nitrogens with zero attached hydrogens (tertiary/aromatic N) is 2. The molecule has 0 saturated carbocycles. The molecule has 3 nitrogen and oxygen atoms in total. The second-order valence-corrected chi connectivity index (χ2v) is 4.23. The van der Waals surface area contributed by atoms with Gasteiger partial charge in [0.2, 0.25) is 0 Å². The molecule has 2 rings (SSSR count). The van der Waals surface area contributed by atoms with E-state index < -0.39 is 0 Å². The second kappa shape index (κ2) is 5.82. The van der Waals surface area contributed by atoms with Crippen LogP contribution in [0.1, 0.15) is 25.5 Å². The summed E-state index contributed by atoms with van der Waals surface area (Å²) < 4.78 is 0. The van der Waals surface area contributed by atoms with Gasteiger partial charge in [0, 0.05) is 6.54 Å². The molecule has 0 fully saturated rings. The van der Waals surface area contributed by atoms with Crippen molar-refractivity contribution < 1.29 is 0 Å². The Balaban J connectivity index is 2.29. The SMILES string of the molecule is CCN(CC)C(C1=NCCN1)c1ccccc1. The number of aliphatic imine (C=N–C) groups is 1. The summed E-state index contributed by atoms with van der Waals surface area (Å²) in [5.74, 6) is 1.12. The summed E-state index contributed by atoms with van der Waals surface area (Å²) in [6, 6.07) is 10.9. The number of hydrogen-bond donors (Lipinski definition) is 1. The highest BCUT2D eigenvalue weighted by Crippen LogP contribution is 2.22. The number of benzene rings is 1. The molecule has 0 saturated heterocycles. The van der Waals surface area contributed by atoms with Crippen molar-refractivity contribution in [2.24, 2.45) is 4.99 Å². The second-order valence-electron chi connectivity index (χ2n) is 4.23. The lowest BCUT2D eigenvalue weighted by Crippen LogP contribution is -2.38. The average Bonchev–Trinajstić information content (AvgIpc) is 2.90. The van der Waals surface area contributed by atoms with E-state index in [1.165, 1.54) is 5.56 Å². The molecule has 1 aliphatic heterocycles.